The van der Waals surface area contributed by atoms with E-state index >= 15 is 0 Å². The van der Waals surface area contributed by atoms with Crippen LogP contribution in [-0.4, -0.2) is 17.8 Å². The number of carbonyl (C=O) groups excluding carboxylic acids is 3. The average molecular weight is 332 g/mol. The van der Waals surface area contributed by atoms with Crippen LogP contribution < -0.4 is 10.2 Å². The van der Waals surface area contributed by atoms with Crippen molar-refractivity contribution in [2.45, 2.75) is 6.92 Å². The van der Waals surface area contributed by atoms with Gasteiger partial charge in [0.2, 0.25) is 0 Å². The summed E-state index contributed by atoms with van der Waals surface area (Å²) in [5.74, 6) is -1.33. The number of nitrogens with one attached hydrogen (secondary N) is 1. The van der Waals surface area contributed by atoms with Crippen molar-refractivity contribution in [3.05, 3.63) is 83.4 Å². The lowest BCUT2D eigenvalue weighted by Crippen LogP contribution is -2.54. The number of carbonyl (C=O) groups is 3. The van der Waals surface area contributed by atoms with E-state index < -0.39 is 17.8 Å². The zero-order chi connectivity index (χ0) is 17.8. The molecule has 0 aliphatic carbocycles. The first-order valence-corrected chi connectivity index (χ1v) is 7.77. The maximum atomic E-state index is 12.7. The highest BCUT2D eigenvalue weighted by Crippen LogP contribution is 2.23. The number of hydrogen-bond donors (Lipinski definition) is 1. The molecule has 1 aliphatic rings. The molecule has 0 saturated carbocycles. The number of aryl methyl sites for hydroxylation is 1. The molecule has 1 N–H and O–H groups in total. The molecule has 0 aromatic heterocycles. The summed E-state index contributed by atoms with van der Waals surface area (Å²) in [6.07, 6.45) is 4.82. The Balaban J connectivity index is 1.92. The molecule has 2 aromatic rings. The number of barbiturate groups is 1. The molecule has 0 radical (unpaired) electrons. The van der Waals surface area contributed by atoms with Gasteiger partial charge in [-0.2, -0.15) is 0 Å². The molecule has 25 heavy (non-hydrogen) atoms. The number of urea groups is 1. The summed E-state index contributed by atoms with van der Waals surface area (Å²) in [6.45, 7) is 1.80. The van der Waals surface area contributed by atoms with Gasteiger partial charge in [-0.1, -0.05) is 60.7 Å². The Labute approximate surface area is 145 Å². The summed E-state index contributed by atoms with van der Waals surface area (Å²) < 4.78 is 0. The molecule has 0 bridgehead atoms. The number of rotatable bonds is 3. The fourth-order valence-electron chi connectivity index (χ4n) is 2.53. The third-order valence-electron chi connectivity index (χ3n) is 3.81. The number of amides is 4. The molecule has 0 unspecified atom stereocenters. The second kappa shape index (κ2) is 6.97. The van der Waals surface area contributed by atoms with Gasteiger partial charge >= 0.3 is 6.03 Å². The molecule has 0 atom stereocenters. The first-order valence-electron chi connectivity index (χ1n) is 7.77. The first kappa shape index (κ1) is 16.4. The molecule has 2 aromatic carbocycles. The molecule has 3 rings (SSSR count). The van der Waals surface area contributed by atoms with Crippen LogP contribution in [0.4, 0.5) is 10.5 Å². The van der Waals surface area contributed by atoms with E-state index in [2.05, 4.69) is 5.32 Å². The molecular weight excluding hydrogens is 316 g/mol. The normalized spacial score (nSPS) is 16.6. The number of hydrogen-bond acceptors (Lipinski definition) is 3. The minimum atomic E-state index is -0.742. The minimum Gasteiger partial charge on any atom is -0.273 e. The van der Waals surface area contributed by atoms with E-state index in [1.807, 2.05) is 36.4 Å². The van der Waals surface area contributed by atoms with Crippen molar-refractivity contribution in [3.8, 4) is 0 Å². The molecule has 124 valence electrons. The van der Waals surface area contributed by atoms with Crippen LogP contribution in [0.15, 0.2) is 72.3 Å². The molecule has 1 heterocycles. The predicted molar refractivity (Wildman–Crippen MR) is 95.8 cm³/mol. The number of nitrogens with zero attached hydrogens (tertiary/aromatic N) is 1. The van der Waals surface area contributed by atoms with E-state index in [-0.39, 0.29) is 5.57 Å². The fraction of sp³-hybridized carbons (Fsp3) is 0.0500. The van der Waals surface area contributed by atoms with Crippen molar-refractivity contribution in [1.29, 1.82) is 0 Å². The predicted octanol–water partition coefficient (Wildman–Crippen LogP) is 3.22. The number of benzene rings is 2. The monoisotopic (exact) mass is 332 g/mol. The van der Waals surface area contributed by atoms with Crippen LogP contribution in [0.1, 0.15) is 11.1 Å². The summed E-state index contributed by atoms with van der Waals surface area (Å²) in [5.41, 5.74) is 2.07. The lowest BCUT2D eigenvalue weighted by molar-refractivity contribution is -0.122. The molecule has 4 amide bonds. The Morgan fingerprint density at radius 2 is 1.60 bits per heavy atom. The van der Waals surface area contributed by atoms with Crippen LogP contribution in [0, 0.1) is 6.92 Å². The minimum absolute atomic E-state index is 0.0879. The molecule has 1 aliphatic heterocycles. The van der Waals surface area contributed by atoms with Gasteiger partial charge in [-0.05, 0) is 30.2 Å². The molecular formula is C20H16N2O3. The summed E-state index contributed by atoms with van der Waals surface area (Å²) in [6, 6.07) is 15.8. The number of anilines is 1. The number of allylic oxidation sites excluding steroid dienone is 2. The van der Waals surface area contributed by atoms with Crippen molar-refractivity contribution in [3.63, 3.8) is 0 Å². The van der Waals surface area contributed by atoms with Gasteiger partial charge in [-0.25, -0.2) is 9.69 Å². The first-order chi connectivity index (χ1) is 12.1. The van der Waals surface area contributed by atoms with Crippen molar-refractivity contribution < 1.29 is 14.4 Å². The van der Waals surface area contributed by atoms with Gasteiger partial charge in [-0.15, -0.1) is 0 Å². The summed E-state index contributed by atoms with van der Waals surface area (Å²) in [5, 5.41) is 2.21. The lowest BCUT2D eigenvalue weighted by atomic mass is 10.1. The molecule has 5 heteroatoms. The largest absolute Gasteiger partial charge is 0.335 e. The van der Waals surface area contributed by atoms with Crippen LogP contribution in [0.2, 0.25) is 0 Å². The molecule has 0 spiro atoms. The van der Waals surface area contributed by atoms with Crippen molar-refractivity contribution in [2.24, 2.45) is 0 Å². The van der Waals surface area contributed by atoms with E-state index in [4.69, 9.17) is 0 Å². The third kappa shape index (κ3) is 3.40. The van der Waals surface area contributed by atoms with Gasteiger partial charge in [-0.3, -0.25) is 14.9 Å². The zero-order valence-corrected chi connectivity index (χ0v) is 13.6. The SMILES string of the molecule is Cc1ccccc1N1C(=O)NC(=O)/C(=C/C=C/c2ccccc2)C1=O. The molecule has 5 nitrogen and oxygen atoms in total. The van der Waals surface area contributed by atoms with Gasteiger partial charge in [0.15, 0.2) is 0 Å². The maximum Gasteiger partial charge on any atom is 0.335 e. The lowest BCUT2D eigenvalue weighted by Gasteiger charge is -2.27. The van der Waals surface area contributed by atoms with E-state index in [0.717, 1.165) is 16.0 Å². The zero-order valence-electron chi connectivity index (χ0n) is 13.6. The van der Waals surface area contributed by atoms with Gasteiger partial charge in [0.25, 0.3) is 11.8 Å². The van der Waals surface area contributed by atoms with E-state index in [1.54, 1.807) is 37.3 Å². The highest BCUT2D eigenvalue weighted by Gasteiger charge is 2.36. The van der Waals surface area contributed by atoms with Crippen molar-refractivity contribution >= 4 is 29.6 Å². The van der Waals surface area contributed by atoms with Gasteiger partial charge in [0.05, 0.1) is 5.69 Å². The highest BCUT2D eigenvalue weighted by molar-refractivity contribution is 6.37. The molecule has 1 saturated heterocycles. The summed E-state index contributed by atoms with van der Waals surface area (Å²) in [4.78, 5) is 37.8. The fourth-order valence-corrected chi connectivity index (χ4v) is 2.53. The van der Waals surface area contributed by atoms with Crippen LogP contribution in [-0.2, 0) is 9.59 Å². The Morgan fingerprint density at radius 1 is 0.920 bits per heavy atom. The summed E-state index contributed by atoms with van der Waals surface area (Å²) in [7, 11) is 0. The second-order valence-corrected chi connectivity index (χ2v) is 5.54. The standard InChI is InChI=1S/C20H16N2O3/c1-14-8-5-6-13-17(14)22-19(24)16(18(23)21-20(22)25)12-7-11-15-9-3-2-4-10-15/h2-13H,1H3,(H,21,23,25)/b11-7+,16-12-. The van der Waals surface area contributed by atoms with Gasteiger partial charge in [0, 0.05) is 0 Å². The Bertz CT molecular complexity index is 898. The third-order valence-corrected chi connectivity index (χ3v) is 3.81. The quantitative estimate of drug-likeness (QED) is 0.693. The Kier molecular flexibility index (Phi) is 4.57. The van der Waals surface area contributed by atoms with E-state index in [0.29, 0.717) is 5.69 Å². The van der Waals surface area contributed by atoms with E-state index in [9.17, 15) is 14.4 Å². The number of imide groups is 2. The number of para-hydroxylation sites is 1. The van der Waals surface area contributed by atoms with Crippen molar-refractivity contribution in [2.75, 3.05) is 4.90 Å². The topological polar surface area (TPSA) is 66.5 Å². The maximum absolute atomic E-state index is 12.7. The van der Waals surface area contributed by atoms with Gasteiger partial charge in [0.1, 0.15) is 5.57 Å². The summed E-state index contributed by atoms with van der Waals surface area (Å²) >= 11 is 0. The van der Waals surface area contributed by atoms with Crippen LogP contribution >= 0.6 is 0 Å². The highest BCUT2D eigenvalue weighted by atomic mass is 16.2. The average Bonchev–Trinajstić information content (AvgIpc) is 2.60. The Morgan fingerprint density at radius 3 is 2.32 bits per heavy atom. The van der Waals surface area contributed by atoms with E-state index in [1.165, 1.54) is 6.08 Å². The van der Waals surface area contributed by atoms with Crippen molar-refractivity contribution in [1.82, 2.24) is 5.32 Å². The second-order valence-electron chi connectivity index (χ2n) is 5.54. The smallest absolute Gasteiger partial charge is 0.273 e. The van der Waals surface area contributed by atoms with Crippen LogP contribution in [0.3, 0.4) is 0 Å². The molecule has 1 fully saturated rings. The van der Waals surface area contributed by atoms with Crippen LogP contribution in [0.25, 0.3) is 6.08 Å². The van der Waals surface area contributed by atoms with Gasteiger partial charge < -0.3 is 0 Å². The Hall–Kier alpha value is -3.47. The van der Waals surface area contributed by atoms with Crippen LogP contribution in [0.5, 0.6) is 0 Å².